The number of aromatic amines is 1. The van der Waals surface area contributed by atoms with Gasteiger partial charge in [0, 0.05) is 37.7 Å². The van der Waals surface area contributed by atoms with Crippen molar-refractivity contribution in [3.63, 3.8) is 0 Å². The van der Waals surface area contributed by atoms with E-state index in [0.717, 1.165) is 5.56 Å². The molecule has 2 rings (SSSR count). The number of aromatic nitrogens is 2. The van der Waals surface area contributed by atoms with Gasteiger partial charge in [0.15, 0.2) is 11.7 Å². The van der Waals surface area contributed by atoms with Crippen LogP contribution in [-0.2, 0) is 41.6 Å². The molecule has 54 heavy (non-hydrogen) atoms. The van der Waals surface area contributed by atoms with Gasteiger partial charge in [-0.3, -0.25) is 33.8 Å². The molecule has 17 nitrogen and oxygen atoms in total. The number of imidazole rings is 1. The first-order chi connectivity index (χ1) is 25.6. The van der Waals surface area contributed by atoms with Crippen LogP contribution < -0.4 is 43.8 Å². The maximum atomic E-state index is 13.9. The Morgan fingerprint density at radius 3 is 1.91 bits per heavy atom. The molecule has 17 heteroatoms. The summed E-state index contributed by atoms with van der Waals surface area (Å²) in [6, 6.07) is 4.09. The van der Waals surface area contributed by atoms with Gasteiger partial charge in [0.05, 0.1) is 12.4 Å². The van der Waals surface area contributed by atoms with Crippen LogP contribution in [0.15, 0.2) is 47.8 Å². The summed E-state index contributed by atoms with van der Waals surface area (Å²) in [5.41, 5.74) is 17.9. The van der Waals surface area contributed by atoms with E-state index in [9.17, 15) is 28.8 Å². The fourth-order valence-corrected chi connectivity index (χ4v) is 5.67. The summed E-state index contributed by atoms with van der Waals surface area (Å²) in [5, 5.41) is 13.7. The van der Waals surface area contributed by atoms with Crippen LogP contribution in [0.4, 0.5) is 0 Å². The van der Waals surface area contributed by atoms with Gasteiger partial charge in [-0.05, 0) is 56.6 Å². The monoisotopic (exact) mass is 753 g/mol. The van der Waals surface area contributed by atoms with Crippen molar-refractivity contribution in [3.8, 4) is 0 Å². The first-order valence-electron chi connectivity index (χ1n) is 18.4. The molecule has 0 bridgehead atoms. The van der Waals surface area contributed by atoms with Crippen LogP contribution in [0.1, 0.15) is 78.0 Å². The van der Waals surface area contributed by atoms with Crippen molar-refractivity contribution in [1.82, 2.24) is 36.6 Å². The Hall–Kier alpha value is -5.32. The minimum atomic E-state index is -1.16. The van der Waals surface area contributed by atoms with Crippen LogP contribution in [-0.4, -0.2) is 94.5 Å². The fraction of sp³-hybridized carbons (Fsp3) is 0.568. The number of rotatable bonds is 24. The lowest BCUT2D eigenvalue weighted by Crippen LogP contribution is -2.60. The summed E-state index contributed by atoms with van der Waals surface area (Å²) in [6.07, 6.45) is 5.15. The number of H-pyrrole nitrogens is 1. The third kappa shape index (κ3) is 16.1. The van der Waals surface area contributed by atoms with Gasteiger partial charge in [0.2, 0.25) is 29.5 Å². The largest absolute Gasteiger partial charge is 0.370 e. The zero-order chi connectivity index (χ0) is 40.2. The van der Waals surface area contributed by atoms with Crippen molar-refractivity contribution >= 4 is 41.3 Å². The van der Waals surface area contributed by atoms with E-state index in [4.69, 9.17) is 17.2 Å². The van der Waals surface area contributed by atoms with E-state index >= 15 is 0 Å². The lowest BCUT2D eigenvalue weighted by atomic mass is 9.95. The predicted octanol–water partition coefficient (Wildman–Crippen LogP) is -0.297. The number of guanidine groups is 1. The van der Waals surface area contributed by atoms with Crippen molar-refractivity contribution < 1.29 is 28.8 Å². The highest BCUT2D eigenvalue weighted by Gasteiger charge is 2.34. The Balaban J connectivity index is 2.33. The molecule has 0 saturated carbocycles. The van der Waals surface area contributed by atoms with Crippen molar-refractivity contribution in [2.24, 2.45) is 34.0 Å². The molecule has 5 amide bonds. The summed E-state index contributed by atoms with van der Waals surface area (Å²) in [5.74, 6) is -4.02. The van der Waals surface area contributed by atoms with Gasteiger partial charge < -0.3 is 48.8 Å². The second-order valence-electron chi connectivity index (χ2n) is 13.9. The first-order valence-corrected chi connectivity index (χ1v) is 18.4. The number of nitrogens with one attached hydrogen (secondary N) is 6. The van der Waals surface area contributed by atoms with E-state index in [2.05, 4.69) is 41.5 Å². The van der Waals surface area contributed by atoms with Crippen molar-refractivity contribution in [2.45, 2.75) is 110 Å². The molecule has 0 aliphatic heterocycles. The minimum Gasteiger partial charge on any atom is -0.370 e. The number of hydrogen-bond donors (Lipinski definition) is 9. The summed E-state index contributed by atoms with van der Waals surface area (Å²) < 4.78 is 0. The van der Waals surface area contributed by atoms with E-state index in [-0.39, 0.29) is 43.5 Å². The number of hydrogen-bond acceptors (Lipinski definition) is 9. The van der Waals surface area contributed by atoms with Crippen molar-refractivity contribution in [1.29, 1.82) is 0 Å². The molecule has 0 radical (unpaired) electrons. The van der Waals surface area contributed by atoms with Crippen molar-refractivity contribution in [3.05, 3.63) is 54.1 Å². The molecule has 0 aliphatic rings. The number of benzene rings is 1. The number of carbonyl (C=O) groups excluding carboxylic acids is 6. The molecule has 2 aromatic rings. The van der Waals surface area contributed by atoms with Gasteiger partial charge >= 0.3 is 0 Å². The molecule has 0 unspecified atom stereocenters. The third-order valence-corrected chi connectivity index (χ3v) is 8.59. The predicted molar refractivity (Wildman–Crippen MR) is 205 cm³/mol. The minimum absolute atomic E-state index is 0.0163. The smallest absolute Gasteiger partial charge is 0.243 e. The number of nitrogens with zero attached hydrogens (tertiary/aromatic N) is 2. The summed E-state index contributed by atoms with van der Waals surface area (Å²) in [4.78, 5) is 91.1. The second kappa shape index (κ2) is 23.4. The Morgan fingerprint density at radius 2 is 1.33 bits per heavy atom. The lowest BCUT2D eigenvalue weighted by molar-refractivity contribution is -0.135. The Morgan fingerprint density at radius 1 is 0.741 bits per heavy atom. The number of ketones is 1. The highest BCUT2D eigenvalue weighted by atomic mass is 16.2. The molecular weight excluding hydrogens is 694 g/mol. The lowest BCUT2D eigenvalue weighted by Gasteiger charge is -2.29. The molecular formula is C37H59N11O6. The van der Waals surface area contributed by atoms with Crippen LogP contribution in [0.25, 0.3) is 0 Å². The number of unbranched alkanes of at least 4 members (excludes halogenated alkanes) is 1. The normalized spacial score (nSPS) is 13.9. The molecule has 0 aliphatic carbocycles. The standard InChI is InChI=1S/C37H59N11O6/c1-22(2)31(48-34(52)28(15-11-17-42-37(39)40)45-33(51)27(44-24(5)49)14-9-10-16-38)36(54)47-30(19-26-20-41-21-43-26)35(53)46-29(32(50)23(3)4)18-25-12-7-6-8-13-25/h6-8,12-13,20-23,27-31H,9-11,14-19,38H2,1-5H3,(H,41,43)(H,44,49)(H,45,51)(H,46,53)(H,47,54)(H,48,52)(H4,39,40,42)/t27-,28-,29-,30-,31-/m0/s1. The van der Waals surface area contributed by atoms with E-state index < -0.39 is 65.7 Å². The molecule has 298 valence electrons. The quantitative estimate of drug-likeness (QED) is 0.0383. The highest BCUT2D eigenvalue weighted by Crippen LogP contribution is 2.12. The van der Waals surface area contributed by atoms with E-state index in [0.29, 0.717) is 37.9 Å². The summed E-state index contributed by atoms with van der Waals surface area (Å²) >= 11 is 0. The SMILES string of the molecule is CC(=O)N[C@@H](CCCCN)C(=O)N[C@@H](CCCN=C(N)N)C(=O)N[C@H](C(=O)N[C@@H](Cc1cnc[nH]1)C(=O)N[C@@H](Cc1ccccc1)C(=O)C(C)C)C(C)C. The van der Waals surface area contributed by atoms with E-state index in [1.54, 1.807) is 27.7 Å². The molecule has 0 saturated heterocycles. The van der Waals surface area contributed by atoms with Gasteiger partial charge in [-0.1, -0.05) is 58.0 Å². The highest BCUT2D eigenvalue weighted by molar-refractivity contribution is 5.97. The average molecular weight is 754 g/mol. The number of amides is 5. The second-order valence-corrected chi connectivity index (χ2v) is 13.9. The van der Waals surface area contributed by atoms with Crippen LogP contribution in [0.5, 0.6) is 0 Å². The Kier molecular flexibility index (Phi) is 19.4. The number of carbonyl (C=O) groups is 6. The number of nitrogens with two attached hydrogens (primary N) is 3. The molecule has 5 atom stereocenters. The molecule has 1 heterocycles. The molecule has 1 aromatic carbocycles. The Bertz CT molecular complexity index is 1530. The van der Waals surface area contributed by atoms with Gasteiger partial charge in [-0.25, -0.2) is 4.98 Å². The van der Waals surface area contributed by atoms with Crippen LogP contribution in [0.3, 0.4) is 0 Å². The van der Waals surface area contributed by atoms with Gasteiger partial charge in [0.25, 0.3) is 0 Å². The molecule has 1 aromatic heterocycles. The van der Waals surface area contributed by atoms with E-state index in [1.165, 1.54) is 19.4 Å². The number of Topliss-reactive ketones (excluding diaryl/α,β-unsaturated/α-hetero) is 1. The van der Waals surface area contributed by atoms with Crippen LogP contribution in [0, 0.1) is 11.8 Å². The molecule has 12 N–H and O–H groups in total. The number of aliphatic imine (C=N–C) groups is 1. The molecule has 0 spiro atoms. The zero-order valence-corrected chi connectivity index (χ0v) is 32.0. The van der Waals surface area contributed by atoms with Crippen LogP contribution in [0.2, 0.25) is 0 Å². The zero-order valence-electron chi connectivity index (χ0n) is 32.0. The fourth-order valence-electron chi connectivity index (χ4n) is 5.67. The Labute approximate surface area is 317 Å². The summed E-state index contributed by atoms with van der Waals surface area (Å²) in [7, 11) is 0. The van der Waals surface area contributed by atoms with Gasteiger partial charge in [-0.15, -0.1) is 0 Å². The maximum Gasteiger partial charge on any atom is 0.243 e. The van der Waals surface area contributed by atoms with Crippen molar-refractivity contribution in [2.75, 3.05) is 13.1 Å². The third-order valence-electron chi connectivity index (χ3n) is 8.59. The van der Waals surface area contributed by atoms with Gasteiger partial charge in [-0.2, -0.15) is 0 Å². The average Bonchev–Trinajstić information content (AvgIpc) is 3.63. The topological polar surface area (TPSA) is 282 Å². The maximum absolute atomic E-state index is 13.9. The van der Waals surface area contributed by atoms with Crippen LogP contribution >= 0.6 is 0 Å². The van der Waals surface area contributed by atoms with E-state index in [1.807, 2.05) is 30.3 Å². The van der Waals surface area contributed by atoms with Gasteiger partial charge in [0.1, 0.15) is 24.2 Å². The first kappa shape index (κ1) is 44.8. The molecule has 0 fully saturated rings. The summed E-state index contributed by atoms with van der Waals surface area (Å²) in [6.45, 7) is 8.84.